The van der Waals surface area contributed by atoms with E-state index < -0.39 is 0 Å². The van der Waals surface area contributed by atoms with Crippen LogP contribution in [0.1, 0.15) is 12.5 Å². The maximum Gasteiger partial charge on any atom is 0.323 e. The molecule has 2 N–H and O–H groups in total. The van der Waals surface area contributed by atoms with E-state index in [-0.39, 0.29) is 6.01 Å². The molecule has 0 aliphatic carbocycles. The molecule has 102 valence electrons. The third kappa shape index (κ3) is 3.32. The molecule has 0 aliphatic rings. The number of hydrogen-bond acceptors (Lipinski definition) is 7. The number of nitrogens with one attached hydrogen (secondary N) is 2. The Morgan fingerprint density at radius 2 is 2.05 bits per heavy atom. The summed E-state index contributed by atoms with van der Waals surface area (Å²) in [5.41, 5.74) is 1.28. The predicted molar refractivity (Wildman–Crippen MR) is 75.0 cm³/mol. The molecule has 0 unspecified atom stereocenters. The topological polar surface area (TPSA) is 95.8 Å². The van der Waals surface area contributed by atoms with Gasteiger partial charge in [0.15, 0.2) is 0 Å². The number of benzene rings is 1. The van der Waals surface area contributed by atoms with Crippen molar-refractivity contribution < 1.29 is 4.74 Å². The van der Waals surface area contributed by atoms with E-state index in [2.05, 4.69) is 31.7 Å². The van der Waals surface area contributed by atoms with Crippen LogP contribution in [0.2, 0.25) is 0 Å². The molecule has 2 aromatic rings. The number of ether oxygens (including phenoxy) is 1. The Morgan fingerprint density at radius 1 is 1.25 bits per heavy atom. The number of hydrogen-bond donors (Lipinski definition) is 2. The number of nitriles is 1. The van der Waals surface area contributed by atoms with Gasteiger partial charge in [0.25, 0.3) is 0 Å². The zero-order chi connectivity index (χ0) is 14.4. The van der Waals surface area contributed by atoms with Crippen LogP contribution < -0.4 is 15.4 Å². The fraction of sp³-hybridized carbons (Fsp3) is 0.231. The van der Waals surface area contributed by atoms with Crippen molar-refractivity contribution in [2.75, 3.05) is 24.3 Å². The average molecular weight is 270 g/mol. The second-order valence-electron chi connectivity index (χ2n) is 3.77. The van der Waals surface area contributed by atoms with Crippen LogP contribution in [0.5, 0.6) is 6.01 Å². The second kappa shape index (κ2) is 6.33. The van der Waals surface area contributed by atoms with Gasteiger partial charge in [-0.1, -0.05) is 6.07 Å². The van der Waals surface area contributed by atoms with Crippen LogP contribution in [0.25, 0.3) is 0 Å². The Morgan fingerprint density at radius 3 is 2.75 bits per heavy atom. The van der Waals surface area contributed by atoms with Gasteiger partial charge in [-0.2, -0.15) is 20.2 Å². The molecule has 0 saturated heterocycles. The SMILES string of the molecule is CCOc1nc(NC)nc(Nc2cccc(C#N)c2)n1. The van der Waals surface area contributed by atoms with Crippen LogP contribution in [0.4, 0.5) is 17.6 Å². The van der Waals surface area contributed by atoms with Gasteiger partial charge in [0.2, 0.25) is 11.9 Å². The van der Waals surface area contributed by atoms with Gasteiger partial charge in [-0.25, -0.2) is 0 Å². The summed E-state index contributed by atoms with van der Waals surface area (Å²) in [5, 5.41) is 14.7. The molecule has 0 amide bonds. The zero-order valence-electron chi connectivity index (χ0n) is 11.2. The molecule has 7 heteroatoms. The highest BCUT2D eigenvalue weighted by Gasteiger charge is 2.06. The smallest absolute Gasteiger partial charge is 0.323 e. The molecule has 0 fully saturated rings. The van der Waals surface area contributed by atoms with Crippen molar-refractivity contribution >= 4 is 17.6 Å². The first-order chi connectivity index (χ1) is 9.75. The lowest BCUT2D eigenvalue weighted by atomic mass is 10.2. The van der Waals surface area contributed by atoms with E-state index in [0.29, 0.717) is 24.1 Å². The first-order valence-corrected chi connectivity index (χ1v) is 6.09. The van der Waals surface area contributed by atoms with E-state index in [9.17, 15) is 0 Å². The summed E-state index contributed by atoms with van der Waals surface area (Å²) in [6, 6.07) is 9.36. The first kappa shape index (κ1) is 13.5. The fourth-order valence-electron chi connectivity index (χ4n) is 1.51. The van der Waals surface area contributed by atoms with Crippen molar-refractivity contribution in [3.05, 3.63) is 29.8 Å². The molecule has 0 saturated carbocycles. The minimum absolute atomic E-state index is 0.241. The summed E-state index contributed by atoms with van der Waals surface area (Å²) < 4.78 is 5.28. The summed E-state index contributed by atoms with van der Waals surface area (Å²) in [6.07, 6.45) is 0. The lowest BCUT2D eigenvalue weighted by molar-refractivity contribution is 0.312. The third-order valence-corrected chi connectivity index (χ3v) is 2.36. The van der Waals surface area contributed by atoms with Crippen LogP contribution in [0, 0.1) is 11.3 Å². The van der Waals surface area contributed by atoms with Crippen molar-refractivity contribution in [1.29, 1.82) is 5.26 Å². The fourth-order valence-corrected chi connectivity index (χ4v) is 1.51. The number of aromatic nitrogens is 3. The molecular weight excluding hydrogens is 256 g/mol. The van der Waals surface area contributed by atoms with Crippen LogP contribution in [-0.2, 0) is 0 Å². The highest BCUT2D eigenvalue weighted by atomic mass is 16.5. The summed E-state index contributed by atoms with van der Waals surface area (Å²) >= 11 is 0. The molecule has 1 heterocycles. The van der Waals surface area contributed by atoms with Crippen molar-refractivity contribution in [1.82, 2.24) is 15.0 Å². The van der Waals surface area contributed by atoms with Gasteiger partial charge in [0, 0.05) is 12.7 Å². The first-order valence-electron chi connectivity index (χ1n) is 6.09. The Balaban J connectivity index is 2.27. The third-order valence-electron chi connectivity index (χ3n) is 2.36. The minimum atomic E-state index is 0.241. The van der Waals surface area contributed by atoms with E-state index in [4.69, 9.17) is 10.00 Å². The summed E-state index contributed by atoms with van der Waals surface area (Å²) in [6.45, 7) is 2.32. The quantitative estimate of drug-likeness (QED) is 0.856. The van der Waals surface area contributed by atoms with E-state index in [1.54, 1.807) is 25.2 Å². The highest BCUT2D eigenvalue weighted by Crippen LogP contribution is 2.17. The Kier molecular flexibility index (Phi) is 4.29. The maximum absolute atomic E-state index is 8.88. The molecule has 7 nitrogen and oxygen atoms in total. The molecule has 1 aromatic heterocycles. The van der Waals surface area contributed by atoms with Gasteiger partial charge in [0.05, 0.1) is 18.2 Å². The van der Waals surface area contributed by atoms with E-state index in [1.807, 2.05) is 13.0 Å². The number of rotatable bonds is 5. The van der Waals surface area contributed by atoms with Gasteiger partial charge < -0.3 is 15.4 Å². The summed E-state index contributed by atoms with van der Waals surface area (Å²) in [4.78, 5) is 12.4. The number of anilines is 3. The number of nitrogens with zero attached hydrogens (tertiary/aromatic N) is 4. The lowest BCUT2D eigenvalue weighted by Crippen LogP contribution is -2.07. The van der Waals surface area contributed by atoms with Gasteiger partial charge in [0.1, 0.15) is 0 Å². The van der Waals surface area contributed by atoms with E-state index >= 15 is 0 Å². The van der Waals surface area contributed by atoms with Crippen molar-refractivity contribution in [3.63, 3.8) is 0 Å². The Hall–Kier alpha value is -2.88. The van der Waals surface area contributed by atoms with Crippen molar-refractivity contribution in [2.45, 2.75) is 6.92 Å². The van der Waals surface area contributed by atoms with Gasteiger partial charge in [-0.15, -0.1) is 0 Å². The van der Waals surface area contributed by atoms with Gasteiger partial charge in [-0.3, -0.25) is 0 Å². The molecule has 1 aromatic carbocycles. The molecule has 0 bridgehead atoms. The van der Waals surface area contributed by atoms with Crippen LogP contribution >= 0.6 is 0 Å². The molecular formula is C13H14N6O. The second-order valence-corrected chi connectivity index (χ2v) is 3.77. The molecule has 0 spiro atoms. The van der Waals surface area contributed by atoms with Crippen LogP contribution in [-0.4, -0.2) is 28.6 Å². The molecule has 0 aliphatic heterocycles. The predicted octanol–water partition coefficient (Wildman–Crippen LogP) is 1.93. The van der Waals surface area contributed by atoms with Crippen LogP contribution in [0.3, 0.4) is 0 Å². The van der Waals surface area contributed by atoms with Crippen molar-refractivity contribution in [3.8, 4) is 12.1 Å². The molecule has 20 heavy (non-hydrogen) atoms. The monoisotopic (exact) mass is 270 g/mol. The standard InChI is InChI=1S/C13H14N6O/c1-3-20-13-18-11(15-2)17-12(19-13)16-10-6-4-5-9(7-10)8-14/h4-7H,3H2,1-2H3,(H2,15,16,17,18,19). The molecule has 0 radical (unpaired) electrons. The molecule has 2 rings (SSSR count). The highest BCUT2D eigenvalue weighted by molar-refractivity contribution is 5.57. The maximum atomic E-state index is 8.88. The average Bonchev–Trinajstić information content (AvgIpc) is 2.47. The van der Waals surface area contributed by atoms with E-state index in [0.717, 1.165) is 5.69 Å². The van der Waals surface area contributed by atoms with E-state index in [1.165, 1.54) is 0 Å². The Labute approximate surface area is 116 Å². The van der Waals surface area contributed by atoms with Gasteiger partial charge >= 0.3 is 6.01 Å². The molecule has 0 atom stereocenters. The summed E-state index contributed by atoms with van der Waals surface area (Å²) in [5.74, 6) is 0.755. The summed E-state index contributed by atoms with van der Waals surface area (Å²) in [7, 11) is 1.71. The normalized spacial score (nSPS) is 9.65. The lowest BCUT2D eigenvalue weighted by Gasteiger charge is -2.08. The zero-order valence-corrected chi connectivity index (χ0v) is 11.2. The van der Waals surface area contributed by atoms with Crippen LogP contribution in [0.15, 0.2) is 24.3 Å². The van der Waals surface area contributed by atoms with Crippen molar-refractivity contribution in [2.24, 2.45) is 0 Å². The largest absolute Gasteiger partial charge is 0.464 e. The minimum Gasteiger partial charge on any atom is -0.464 e. The Bertz CT molecular complexity index is 637. The van der Waals surface area contributed by atoms with Gasteiger partial charge in [-0.05, 0) is 25.1 Å².